The normalized spacial score (nSPS) is 16.6. The first-order chi connectivity index (χ1) is 8.78. The maximum atomic E-state index is 8.76. The first kappa shape index (κ1) is 13.7. The second-order valence-electron chi connectivity index (χ2n) is 5.05. The Balaban J connectivity index is 1.81. The molecule has 1 aromatic rings. The molecule has 1 atom stereocenters. The summed E-state index contributed by atoms with van der Waals surface area (Å²) in [5.74, 6) is 3.65. The number of aromatic nitrogens is 1. The van der Waals surface area contributed by atoms with Crippen LogP contribution in [0.4, 0.5) is 5.82 Å². The molecule has 1 aliphatic carbocycles. The molecule has 0 bridgehead atoms. The van der Waals surface area contributed by atoms with Crippen molar-refractivity contribution < 1.29 is 5.11 Å². The van der Waals surface area contributed by atoms with Crippen molar-refractivity contribution >= 4 is 17.6 Å². The van der Waals surface area contributed by atoms with E-state index in [-0.39, 0.29) is 6.61 Å². The molecule has 18 heavy (non-hydrogen) atoms. The van der Waals surface area contributed by atoms with Crippen molar-refractivity contribution in [1.29, 1.82) is 0 Å². The van der Waals surface area contributed by atoms with Crippen molar-refractivity contribution in [3.05, 3.63) is 23.9 Å². The van der Waals surface area contributed by atoms with Crippen molar-refractivity contribution in [3.63, 3.8) is 0 Å². The topological polar surface area (TPSA) is 45.1 Å². The van der Waals surface area contributed by atoms with Gasteiger partial charge in [-0.05, 0) is 37.0 Å². The molecule has 1 fully saturated rings. The van der Waals surface area contributed by atoms with Gasteiger partial charge >= 0.3 is 0 Å². The van der Waals surface area contributed by atoms with Gasteiger partial charge in [0.05, 0.1) is 6.61 Å². The molecule has 0 radical (unpaired) electrons. The van der Waals surface area contributed by atoms with Gasteiger partial charge in [-0.2, -0.15) is 11.8 Å². The Morgan fingerprint density at radius 2 is 2.39 bits per heavy atom. The van der Waals surface area contributed by atoms with Gasteiger partial charge in [0, 0.05) is 23.7 Å². The van der Waals surface area contributed by atoms with Gasteiger partial charge in [-0.1, -0.05) is 12.8 Å². The second-order valence-corrected chi connectivity index (χ2v) is 6.16. The van der Waals surface area contributed by atoms with Gasteiger partial charge in [0.25, 0.3) is 0 Å². The molecular weight excluding hydrogens is 244 g/mol. The third-order valence-corrected chi connectivity index (χ3v) is 4.12. The summed E-state index contributed by atoms with van der Waals surface area (Å²) in [6, 6.07) is 4.67. The minimum Gasteiger partial charge on any atom is -0.396 e. The highest BCUT2D eigenvalue weighted by atomic mass is 32.2. The Labute approximate surface area is 113 Å². The van der Waals surface area contributed by atoms with E-state index in [9.17, 15) is 0 Å². The fourth-order valence-corrected chi connectivity index (χ4v) is 2.75. The van der Waals surface area contributed by atoms with Gasteiger partial charge < -0.3 is 10.4 Å². The lowest BCUT2D eigenvalue weighted by Gasteiger charge is -2.14. The van der Waals surface area contributed by atoms with Crippen molar-refractivity contribution in [3.8, 4) is 0 Å². The third-order valence-electron chi connectivity index (χ3n) is 3.11. The maximum absolute atomic E-state index is 8.76. The van der Waals surface area contributed by atoms with Gasteiger partial charge in [-0.25, -0.2) is 4.98 Å². The molecule has 0 aliphatic heterocycles. The minimum atomic E-state index is 0.249. The van der Waals surface area contributed by atoms with Gasteiger partial charge in [-0.15, -0.1) is 0 Å². The highest BCUT2D eigenvalue weighted by molar-refractivity contribution is 7.98. The lowest BCUT2D eigenvalue weighted by Crippen LogP contribution is -2.16. The monoisotopic (exact) mass is 266 g/mol. The predicted octanol–water partition coefficient (Wildman–Crippen LogP) is 2.91. The quantitative estimate of drug-likeness (QED) is 0.710. The second kappa shape index (κ2) is 7.00. The Bertz CT molecular complexity index is 369. The molecule has 0 spiro atoms. The van der Waals surface area contributed by atoms with Gasteiger partial charge in [0.15, 0.2) is 0 Å². The summed E-state index contributed by atoms with van der Waals surface area (Å²) < 4.78 is 0. The number of aliphatic hydroxyl groups is 1. The van der Waals surface area contributed by atoms with Crippen molar-refractivity contribution in [2.75, 3.05) is 17.7 Å². The molecule has 1 aromatic heterocycles. The molecule has 1 unspecified atom stereocenters. The summed E-state index contributed by atoms with van der Waals surface area (Å²) in [5.41, 5.74) is 1.27. The highest BCUT2D eigenvalue weighted by Crippen LogP contribution is 2.34. The minimum absolute atomic E-state index is 0.249. The first-order valence-corrected chi connectivity index (χ1v) is 7.83. The number of aliphatic hydroxyl groups excluding tert-OH is 1. The van der Waals surface area contributed by atoms with Crippen molar-refractivity contribution in [2.24, 2.45) is 5.92 Å². The van der Waals surface area contributed by atoms with E-state index in [2.05, 4.69) is 23.3 Å². The molecule has 2 N–H and O–H groups in total. The van der Waals surface area contributed by atoms with Gasteiger partial charge in [0.1, 0.15) is 5.82 Å². The van der Waals surface area contributed by atoms with Crippen LogP contribution in [-0.2, 0) is 5.75 Å². The van der Waals surface area contributed by atoms with Crippen LogP contribution in [0.3, 0.4) is 0 Å². The summed E-state index contributed by atoms with van der Waals surface area (Å²) in [6.45, 7) is 2.48. The fraction of sp³-hybridized carbons (Fsp3) is 0.643. The van der Waals surface area contributed by atoms with Crippen LogP contribution >= 0.6 is 11.8 Å². The Morgan fingerprint density at radius 1 is 1.56 bits per heavy atom. The fourth-order valence-electron chi connectivity index (χ4n) is 2.06. The van der Waals surface area contributed by atoms with E-state index in [0.717, 1.165) is 23.2 Å². The SMILES string of the molecule is CC(CC1CC1)Nc1cc(CSCCO)ccn1. The summed E-state index contributed by atoms with van der Waals surface area (Å²) in [5, 5.41) is 12.2. The average Bonchev–Trinajstić information content (AvgIpc) is 3.13. The molecule has 100 valence electrons. The number of anilines is 1. The van der Waals surface area contributed by atoms with Crippen molar-refractivity contribution in [2.45, 2.75) is 38.0 Å². The largest absolute Gasteiger partial charge is 0.396 e. The van der Waals surface area contributed by atoms with E-state index >= 15 is 0 Å². The van der Waals surface area contributed by atoms with Crippen LogP contribution in [0.25, 0.3) is 0 Å². The van der Waals surface area contributed by atoms with Gasteiger partial charge in [0.2, 0.25) is 0 Å². The van der Waals surface area contributed by atoms with Gasteiger partial charge in [-0.3, -0.25) is 0 Å². The van der Waals surface area contributed by atoms with E-state index in [1.165, 1.54) is 24.8 Å². The lowest BCUT2D eigenvalue weighted by molar-refractivity contribution is 0.322. The van der Waals surface area contributed by atoms with Crippen LogP contribution in [0.1, 0.15) is 31.7 Å². The third kappa shape index (κ3) is 4.86. The highest BCUT2D eigenvalue weighted by Gasteiger charge is 2.23. The number of hydrogen-bond acceptors (Lipinski definition) is 4. The zero-order valence-electron chi connectivity index (χ0n) is 10.9. The molecule has 0 saturated heterocycles. The maximum Gasteiger partial charge on any atom is 0.126 e. The number of nitrogens with zero attached hydrogens (tertiary/aromatic N) is 1. The Kier molecular flexibility index (Phi) is 5.32. The van der Waals surface area contributed by atoms with Crippen LogP contribution in [-0.4, -0.2) is 28.5 Å². The lowest BCUT2D eigenvalue weighted by atomic mass is 10.1. The first-order valence-electron chi connectivity index (χ1n) is 6.68. The van der Waals surface area contributed by atoms with E-state index in [0.29, 0.717) is 6.04 Å². The molecule has 0 aromatic carbocycles. The van der Waals surface area contributed by atoms with Crippen LogP contribution in [0, 0.1) is 5.92 Å². The summed E-state index contributed by atoms with van der Waals surface area (Å²) in [4.78, 5) is 4.37. The van der Waals surface area contributed by atoms with Crippen LogP contribution in [0.5, 0.6) is 0 Å². The molecule has 1 heterocycles. The molecule has 3 nitrogen and oxygen atoms in total. The number of nitrogens with one attached hydrogen (secondary N) is 1. The van der Waals surface area contributed by atoms with Crippen LogP contribution < -0.4 is 5.32 Å². The molecule has 2 rings (SSSR count). The summed E-state index contributed by atoms with van der Waals surface area (Å²) in [6.07, 6.45) is 5.92. The Morgan fingerprint density at radius 3 is 3.11 bits per heavy atom. The van der Waals surface area contributed by atoms with E-state index in [1.54, 1.807) is 11.8 Å². The van der Waals surface area contributed by atoms with E-state index in [4.69, 9.17) is 5.11 Å². The number of rotatable bonds is 8. The van der Waals surface area contributed by atoms with Crippen LogP contribution in [0.2, 0.25) is 0 Å². The predicted molar refractivity (Wildman–Crippen MR) is 77.9 cm³/mol. The van der Waals surface area contributed by atoms with Crippen molar-refractivity contribution in [1.82, 2.24) is 4.98 Å². The van der Waals surface area contributed by atoms with Crippen LogP contribution in [0.15, 0.2) is 18.3 Å². The van der Waals surface area contributed by atoms with E-state index < -0.39 is 0 Å². The molecule has 0 amide bonds. The molecular formula is C14H22N2OS. The zero-order chi connectivity index (χ0) is 12.8. The smallest absolute Gasteiger partial charge is 0.126 e. The zero-order valence-corrected chi connectivity index (χ0v) is 11.7. The average molecular weight is 266 g/mol. The number of thioether (sulfide) groups is 1. The molecule has 4 heteroatoms. The molecule has 1 saturated carbocycles. The number of pyridine rings is 1. The standard InChI is InChI=1S/C14H22N2OS/c1-11(8-12-2-3-12)16-14-9-13(4-5-15-14)10-18-7-6-17/h4-5,9,11-12,17H,2-3,6-8,10H2,1H3,(H,15,16). The van der Waals surface area contributed by atoms with E-state index in [1.807, 2.05) is 12.3 Å². The Hall–Kier alpha value is -0.740. The number of hydrogen-bond donors (Lipinski definition) is 2. The summed E-state index contributed by atoms with van der Waals surface area (Å²) in [7, 11) is 0. The molecule has 1 aliphatic rings. The summed E-state index contributed by atoms with van der Waals surface area (Å²) >= 11 is 1.75.